The van der Waals surface area contributed by atoms with Gasteiger partial charge in [-0.3, -0.25) is 14.5 Å². The monoisotopic (exact) mass is 531 g/mol. The maximum atomic E-state index is 12.2. The van der Waals surface area contributed by atoms with Crippen molar-refractivity contribution in [3.05, 3.63) is 101 Å². The molecular formula is C29H33N5O5. The number of hydrogen-bond acceptors (Lipinski definition) is 6. The van der Waals surface area contributed by atoms with E-state index in [1.54, 1.807) is 19.2 Å². The average Bonchev–Trinajstić information content (AvgIpc) is 3.34. The molecule has 0 spiro atoms. The summed E-state index contributed by atoms with van der Waals surface area (Å²) < 4.78 is 4.93. The number of aromatic amines is 1. The first-order valence-corrected chi connectivity index (χ1v) is 12.3. The number of carbonyl (C=O) groups is 3. The summed E-state index contributed by atoms with van der Waals surface area (Å²) in [5, 5.41) is 13.6. The van der Waals surface area contributed by atoms with Crippen LogP contribution in [0.1, 0.15) is 27.3 Å². The van der Waals surface area contributed by atoms with E-state index in [0.717, 1.165) is 22.4 Å². The van der Waals surface area contributed by atoms with Gasteiger partial charge in [0.05, 0.1) is 24.2 Å². The van der Waals surface area contributed by atoms with Gasteiger partial charge < -0.3 is 25.5 Å². The lowest BCUT2D eigenvalue weighted by Crippen LogP contribution is -2.45. The number of nitrogens with zero attached hydrogens (tertiary/aromatic N) is 2. The molecule has 1 aromatic heterocycles. The van der Waals surface area contributed by atoms with Gasteiger partial charge in [0.15, 0.2) is 0 Å². The third kappa shape index (κ3) is 9.37. The van der Waals surface area contributed by atoms with Crippen LogP contribution in [0.4, 0.5) is 0 Å². The summed E-state index contributed by atoms with van der Waals surface area (Å²) in [5.41, 5.74) is 4.60. The number of carboxylic acids is 1. The molecule has 39 heavy (non-hydrogen) atoms. The number of methoxy groups -OCH3 is 1. The van der Waals surface area contributed by atoms with Gasteiger partial charge in [-0.15, -0.1) is 0 Å². The molecular weight excluding hydrogens is 498 g/mol. The van der Waals surface area contributed by atoms with E-state index in [-0.39, 0.29) is 6.54 Å². The van der Waals surface area contributed by atoms with Crippen molar-refractivity contribution in [2.24, 2.45) is 0 Å². The van der Waals surface area contributed by atoms with E-state index in [2.05, 4.69) is 25.5 Å². The van der Waals surface area contributed by atoms with Crippen molar-refractivity contribution >= 4 is 29.3 Å². The number of fused-ring (bicyclic) bond motifs is 1. The Hall–Kier alpha value is -4.54. The van der Waals surface area contributed by atoms with Gasteiger partial charge in [-0.25, -0.2) is 9.78 Å². The Morgan fingerprint density at radius 2 is 1.69 bits per heavy atom. The highest BCUT2D eigenvalue weighted by molar-refractivity contribution is 5.94. The zero-order chi connectivity index (χ0) is 28.0. The average molecular weight is 532 g/mol. The van der Waals surface area contributed by atoms with E-state index in [4.69, 9.17) is 9.84 Å². The fraction of sp³-hybridized carbons (Fsp3) is 0.241. The van der Waals surface area contributed by atoms with Crippen molar-refractivity contribution in [3.8, 4) is 0 Å². The Labute approximate surface area is 227 Å². The molecule has 1 atom stereocenters. The second-order valence-corrected chi connectivity index (χ2v) is 8.87. The van der Waals surface area contributed by atoms with Gasteiger partial charge in [-0.05, 0) is 42.4 Å². The highest BCUT2D eigenvalue weighted by Crippen LogP contribution is 2.13. The lowest BCUT2D eigenvalue weighted by Gasteiger charge is -2.15. The first kappa shape index (κ1) is 29.0. The minimum absolute atomic E-state index is 0.200. The lowest BCUT2D eigenvalue weighted by molar-refractivity contribution is -0.140. The van der Waals surface area contributed by atoms with Crippen LogP contribution in [-0.4, -0.2) is 65.0 Å². The summed E-state index contributed by atoms with van der Waals surface area (Å²) >= 11 is 0. The molecule has 204 valence electrons. The van der Waals surface area contributed by atoms with Crippen molar-refractivity contribution < 1.29 is 24.2 Å². The normalized spacial score (nSPS) is 11.4. The van der Waals surface area contributed by atoms with Gasteiger partial charge in [0.1, 0.15) is 11.9 Å². The molecule has 0 fully saturated rings. The van der Waals surface area contributed by atoms with Crippen LogP contribution in [0, 0.1) is 0 Å². The predicted octanol–water partition coefficient (Wildman–Crippen LogP) is 2.96. The summed E-state index contributed by atoms with van der Waals surface area (Å²) in [6.45, 7) is 1.83. The number of rotatable bonds is 12. The molecule has 0 saturated heterocycles. The van der Waals surface area contributed by atoms with Crippen LogP contribution in [0.25, 0.3) is 11.0 Å². The van der Waals surface area contributed by atoms with Gasteiger partial charge in [0, 0.05) is 25.8 Å². The summed E-state index contributed by atoms with van der Waals surface area (Å²) in [7, 11) is 3.69. The summed E-state index contributed by atoms with van der Waals surface area (Å²) in [5.74, 6) is -0.743. The zero-order valence-corrected chi connectivity index (χ0v) is 22.0. The highest BCUT2D eigenvalue weighted by Gasteiger charge is 2.17. The van der Waals surface area contributed by atoms with E-state index in [9.17, 15) is 14.4 Å². The smallest absolute Gasteiger partial charge is 0.328 e. The number of carbonyl (C=O) groups excluding carboxylic acids is 2. The number of nitrogens with one attached hydrogen (secondary N) is 3. The predicted molar refractivity (Wildman–Crippen MR) is 148 cm³/mol. The molecule has 0 aliphatic carbocycles. The number of aromatic nitrogens is 2. The Morgan fingerprint density at radius 3 is 2.33 bits per heavy atom. The van der Waals surface area contributed by atoms with Crippen LogP contribution in [-0.2, 0) is 34.0 Å². The molecule has 4 N–H and O–H groups in total. The Balaban J connectivity index is 0.000000395. The van der Waals surface area contributed by atoms with Crippen molar-refractivity contribution in [1.29, 1.82) is 0 Å². The highest BCUT2D eigenvalue weighted by atomic mass is 16.5. The third-order valence-corrected chi connectivity index (χ3v) is 5.71. The number of para-hydroxylation sites is 2. The van der Waals surface area contributed by atoms with Gasteiger partial charge in [0.2, 0.25) is 6.41 Å². The number of benzene rings is 3. The number of ether oxygens (including phenoxy) is 1. The molecule has 0 aliphatic heterocycles. The minimum atomic E-state index is -1.22. The number of carboxylic acid groups (broad SMARTS) is 1. The van der Waals surface area contributed by atoms with Crippen LogP contribution in [0.5, 0.6) is 0 Å². The first-order chi connectivity index (χ1) is 18.9. The van der Waals surface area contributed by atoms with Crippen molar-refractivity contribution in [2.45, 2.75) is 25.7 Å². The van der Waals surface area contributed by atoms with Gasteiger partial charge in [-0.2, -0.15) is 0 Å². The molecule has 0 aliphatic rings. The van der Waals surface area contributed by atoms with Crippen molar-refractivity contribution in [3.63, 3.8) is 0 Å². The summed E-state index contributed by atoms with van der Waals surface area (Å²) in [4.78, 5) is 43.6. The summed E-state index contributed by atoms with van der Waals surface area (Å²) in [6.07, 6.45) is 0.293. The molecule has 0 radical (unpaired) electrons. The zero-order valence-electron chi connectivity index (χ0n) is 22.0. The SMILES string of the molecule is CN(Cc1ccc(C(=O)NCC(NC=O)C(=O)O)cc1)Cc1nc2ccccc2[nH]1.COCc1ccccc1. The molecule has 4 rings (SSSR count). The van der Waals surface area contributed by atoms with Crippen molar-refractivity contribution in [2.75, 3.05) is 20.7 Å². The number of amides is 2. The van der Waals surface area contributed by atoms with E-state index in [1.807, 2.05) is 73.8 Å². The molecule has 10 heteroatoms. The van der Waals surface area contributed by atoms with Crippen molar-refractivity contribution in [1.82, 2.24) is 25.5 Å². The molecule has 1 heterocycles. The first-order valence-electron chi connectivity index (χ1n) is 12.3. The van der Waals surface area contributed by atoms with Crippen LogP contribution in [0.3, 0.4) is 0 Å². The maximum absolute atomic E-state index is 12.2. The Kier molecular flexibility index (Phi) is 11.2. The van der Waals surface area contributed by atoms with E-state index in [1.165, 1.54) is 5.56 Å². The molecule has 4 aromatic rings. The fourth-order valence-corrected chi connectivity index (χ4v) is 3.80. The second kappa shape index (κ2) is 15.0. The molecule has 3 aromatic carbocycles. The number of aliphatic carboxylic acids is 1. The topological polar surface area (TPSA) is 137 Å². The quantitative estimate of drug-likeness (QED) is 0.206. The number of hydrogen-bond donors (Lipinski definition) is 4. The van der Waals surface area contributed by atoms with Crippen LogP contribution in [0.2, 0.25) is 0 Å². The van der Waals surface area contributed by atoms with Gasteiger partial charge in [-0.1, -0.05) is 54.6 Å². The molecule has 0 bridgehead atoms. The third-order valence-electron chi connectivity index (χ3n) is 5.71. The minimum Gasteiger partial charge on any atom is -0.480 e. The molecule has 0 saturated carbocycles. The summed E-state index contributed by atoms with van der Waals surface area (Å²) in [6, 6.07) is 23.9. The molecule has 2 amide bonds. The maximum Gasteiger partial charge on any atom is 0.328 e. The van der Waals surface area contributed by atoms with Crippen LogP contribution < -0.4 is 10.6 Å². The Morgan fingerprint density at radius 1 is 1.00 bits per heavy atom. The van der Waals surface area contributed by atoms with E-state index < -0.39 is 17.9 Å². The van der Waals surface area contributed by atoms with E-state index in [0.29, 0.717) is 31.7 Å². The fourth-order valence-electron chi connectivity index (χ4n) is 3.80. The van der Waals surface area contributed by atoms with Crippen LogP contribution in [0.15, 0.2) is 78.9 Å². The second-order valence-electron chi connectivity index (χ2n) is 8.87. The molecule has 1 unspecified atom stereocenters. The number of imidazole rings is 1. The standard InChI is InChI=1S/C21H23N5O4.C8H10O/c1-26(12-19-24-16-4-2-3-5-17(16)25-19)11-14-6-8-15(9-7-14)20(28)22-10-18(21(29)30)23-13-27;1-9-7-8-5-3-2-4-6-8/h2-9,13,18H,10-12H2,1H3,(H,22,28)(H,23,27)(H,24,25)(H,29,30);2-6H,7H2,1H3. The van der Waals surface area contributed by atoms with Crippen LogP contribution >= 0.6 is 0 Å². The van der Waals surface area contributed by atoms with Gasteiger partial charge in [0.25, 0.3) is 5.91 Å². The lowest BCUT2D eigenvalue weighted by atomic mass is 10.1. The van der Waals surface area contributed by atoms with Gasteiger partial charge >= 0.3 is 5.97 Å². The Bertz CT molecular complexity index is 1310. The largest absolute Gasteiger partial charge is 0.480 e. The van der Waals surface area contributed by atoms with E-state index >= 15 is 0 Å². The molecule has 10 nitrogen and oxygen atoms in total. The number of H-pyrrole nitrogens is 1.